The van der Waals surface area contributed by atoms with Crippen molar-refractivity contribution in [2.45, 2.75) is 33.2 Å². The van der Waals surface area contributed by atoms with Gasteiger partial charge in [-0.15, -0.1) is 0 Å². The van der Waals surface area contributed by atoms with E-state index in [1.54, 1.807) is 0 Å². The Hall–Kier alpha value is -0.780. The van der Waals surface area contributed by atoms with Crippen LogP contribution in [0.2, 0.25) is 0 Å². The van der Waals surface area contributed by atoms with Crippen molar-refractivity contribution in [1.29, 1.82) is 0 Å². The van der Waals surface area contributed by atoms with Gasteiger partial charge in [-0.1, -0.05) is 13.8 Å². The Morgan fingerprint density at radius 2 is 2.14 bits per heavy atom. The predicted molar refractivity (Wildman–Crippen MR) is 52.0 cm³/mol. The molecule has 1 heterocycles. The van der Waals surface area contributed by atoms with E-state index in [1.807, 2.05) is 13.8 Å². The number of aromatic nitrogens is 3. The van der Waals surface area contributed by atoms with Gasteiger partial charge in [0.05, 0.1) is 6.54 Å². The molecule has 0 aliphatic carbocycles. The zero-order valence-electron chi connectivity index (χ0n) is 8.13. The lowest BCUT2D eigenvalue weighted by Crippen LogP contribution is -2.12. The molecule has 3 nitrogen and oxygen atoms in total. The van der Waals surface area contributed by atoms with Crippen molar-refractivity contribution in [2.24, 2.45) is 5.92 Å². The Morgan fingerprint density at radius 3 is 2.64 bits per heavy atom. The van der Waals surface area contributed by atoms with Crippen LogP contribution in [0.3, 0.4) is 0 Å². The highest BCUT2D eigenvalue weighted by molar-refractivity contribution is 7.71. The molecule has 1 aromatic heterocycles. The van der Waals surface area contributed by atoms with E-state index in [1.165, 1.54) is 4.57 Å². The summed E-state index contributed by atoms with van der Waals surface area (Å²) in [7, 11) is 0. The first-order chi connectivity index (χ1) is 6.50. The predicted octanol–water partition coefficient (Wildman–Crippen LogP) is 2.40. The maximum Gasteiger partial charge on any atom is 0.256 e. The van der Waals surface area contributed by atoms with Crippen LogP contribution in [-0.2, 0) is 13.0 Å². The third-order valence-electron chi connectivity index (χ3n) is 1.75. The van der Waals surface area contributed by atoms with Crippen LogP contribution in [0, 0.1) is 10.7 Å². The molecule has 1 rings (SSSR count). The Morgan fingerprint density at radius 1 is 1.50 bits per heavy atom. The Bertz CT molecular complexity index is 343. The molecule has 0 radical (unpaired) electrons. The van der Waals surface area contributed by atoms with Crippen LogP contribution in [0.25, 0.3) is 0 Å². The molecule has 80 valence electrons. The lowest BCUT2D eigenvalue weighted by molar-refractivity contribution is 0.124. The molecule has 0 saturated carbocycles. The summed E-state index contributed by atoms with van der Waals surface area (Å²) in [4.78, 5) is 0. The third-order valence-corrected chi connectivity index (χ3v) is 2.06. The van der Waals surface area contributed by atoms with Crippen molar-refractivity contribution < 1.29 is 8.78 Å². The molecule has 14 heavy (non-hydrogen) atoms. The van der Waals surface area contributed by atoms with Gasteiger partial charge in [0, 0.05) is 6.42 Å². The van der Waals surface area contributed by atoms with Crippen LogP contribution in [0.5, 0.6) is 0 Å². The van der Waals surface area contributed by atoms with Crippen LogP contribution in [0.4, 0.5) is 8.78 Å². The van der Waals surface area contributed by atoms with E-state index in [0.717, 1.165) is 0 Å². The van der Waals surface area contributed by atoms with Crippen molar-refractivity contribution in [1.82, 2.24) is 14.8 Å². The van der Waals surface area contributed by atoms with E-state index in [9.17, 15) is 8.78 Å². The number of hydrogen-bond donors (Lipinski definition) is 1. The van der Waals surface area contributed by atoms with Gasteiger partial charge in [0.1, 0.15) is 5.82 Å². The molecule has 0 bridgehead atoms. The molecule has 0 fully saturated rings. The van der Waals surface area contributed by atoms with Gasteiger partial charge in [0.2, 0.25) is 0 Å². The van der Waals surface area contributed by atoms with Gasteiger partial charge >= 0.3 is 0 Å². The number of alkyl halides is 2. The molecule has 0 aliphatic rings. The van der Waals surface area contributed by atoms with Gasteiger partial charge in [-0.2, -0.15) is 5.10 Å². The summed E-state index contributed by atoms with van der Waals surface area (Å²) in [5, 5.41) is 6.45. The number of rotatable bonds is 4. The molecule has 1 N–H and O–H groups in total. The summed E-state index contributed by atoms with van der Waals surface area (Å²) in [5.74, 6) is 0.974. The lowest BCUT2D eigenvalue weighted by Gasteiger charge is -2.07. The number of H-pyrrole nitrogens is 1. The SMILES string of the molecule is CC(C)Cc1n[nH]c(=S)n1CC(F)F. The van der Waals surface area contributed by atoms with Crippen molar-refractivity contribution in [2.75, 3.05) is 0 Å². The van der Waals surface area contributed by atoms with Crippen LogP contribution in [0.1, 0.15) is 19.7 Å². The average molecular weight is 221 g/mol. The highest BCUT2D eigenvalue weighted by Crippen LogP contribution is 2.08. The third kappa shape index (κ3) is 2.87. The van der Waals surface area contributed by atoms with Crippen molar-refractivity contribution in [3.8, 4) is 0 Å². The number of nitrogens with zero attached hydrogens (tertiary/aromatic N) is 2. The number of halogens is 2. The summed E-state index contributed by atoms with van der Waals surface area (Å²) in [6.45, 7) is 3.63. The zero-order valence-corrected chi connectivity index (χ0v) is 8.94. The summed E-state index contributed by atoms with van der Waals surface area (Å²) < 4.78 is 26.0. The zero-order chi connectivity index (χ0) is 10.7. The summed E-state index contributed by atoms with van der Waals surface area (Å²) in [6, 6.07) is 0. The van der Waals surface area contributed by atoms with Gasteiger partial charge in [-0.3, -0.25) is 9.67 Å². The van der Waals surface area contributed by atoms with E-state index in [-0.39, 0.29) is 11.3 Å². The smallest absolute Gasteiger partial charge is 0.256 e. The molecular formula is C8H13F2N3S. The monoisotopic (exact) mass is 221 g/mol. The molecule has 6 heteroatoms. The first-order valence-corrected chi connectivity index (χ1v) is 4.83. The quantitative estimate of drug-likeness (QED) is 0.792. The van der Waals surface area contributed by atoms with E-state index in [2.05, 4.69) is 10.2 Å². The topological polar surface area (TPSA) is 33.6 Å². The summed E-state index contributed by atoms with van der Waals surface area (Å²) in [5.41, 5.74) is 0. The highest BCUT2D eigenvalue weighted by atomic mass is 32.1. The van der Waals surface area contributed by atoms with Gasteiger partial charge in [-0.25, -0.2) is 8.78 Å². The van der Waals surface area contributed by atoms with E-state index >= 15 is 0 Å². The van der Waals surface area contributed by atoms with Crippen molar-refractivity contribution in [3.63, 3.8) is 0 Å². The van der Waals surface area contributed by atoms with E-state index < -0.39 is 6.43 Å². The fourth-order valence-electron chi connectivity index (χ4n) is 1.20. The molecule has 1 aromatic rings. The Kier molecular flexibility index (Phi) is 3.74. The molecule has 0 unspecified atom stereocenters. The van der Waals surface area contributed by atoms with Gasteiger partial charge < -0.3 is 0 Å². The summed E-state index contributed by atoms with van der Waals surface area (Å²) in [6.07, 6.45) is -1.75. The maximum atomic E-state index is 12.2. The van der Waals surface area contributed by atoms with Crippen molar-refractivity contribution in [3.05, 3.63) is 10.6 Å². The minimum Gasteiger partial charge on any atom is -0.298 e. The second-order valence-electron chi connectivity index (χ2n) is 3.54. The second kappa shape index (κ2) is 4.63. The fourth-order valence-corrected chi connectivity index (χ4v) is 1.42. The standard InChI is InChI=1S/C8H13F2N3S/c1-5(2)3-7-11-12-8(14)13(7)4-6(9)10/h5-6H,3-4H2,1-2H3,(H,12,14). The summed E-state index contributed by atoms with van der Waals surface area (Å²) >= 11 is 4.86. The van der Waals surface area contributed by atoms with E-state index in [0.29, 0.717) is 18.2 Å². The van der Waals surface area contributed by atoms with E-state index in [4.69, 9.17) is 12.2 Å². The lowest BCUT2D eigenvalue weighted by atomic mass is 10.1. The maximum absolute atomic E-state index is 12.2. The number of nitrogens with one attached hydrogen (secondary N) is 1. The minimum absolute atomic E-state index is 0.265. The van der Waals surface area contributed by atoms with Crippen molar-refractivity contribution >= 4 is 12.2 Å². The molecular weight excluding hydrogens is 208 g/mol. The Balaban J connectivity index is 2.88. The fraction of sp³-hybridized carbons (Fsp3) is 0.750. The first-order valence-electron chi connectivity index (χ1n) is 4.43. The van der Waals surface area contributed by atoms with Gasteiger partial charge in [-0.05, 0) is 18.1 Å². The average Bonchev–Trinajstić information content (AvgIpc) is 2.34. The van der Waals surface area contributed by atoms with Gasteiger partial charge in [0.25, 0.3) is 6.43 Å². The van der Waals surface area contributed by atoms with Crippen LogP contribution >= 0.6 is 12.2 Å². The van der Waals surface area contributed by atoms with Crippen LogP contribution in [-0.4, -0.2) is 21.2 Å². The minimum atomic E-state index is -2.40. The molecule has 0 saturated heterocycles. The van der Waals surface area contributed by atoms with Crippen LogP contribution < -0.4 is 0 Å². The highest BCUT2D eigenvalue weighted by Gasteiger charge is 2.12. The first kappa shape index (κ1) is 11.3. The molecule has 0 aromatic carbocycles. The molecule has 0 spiro atoms. The molecule has 0 atom stereocenters. The second-order valence-corrected chi connectivity index (χ2v) is 3.93. The normalized spacial score (nSPS) is 11.6. The van der Waals surface area contributed by atoms with Gasteiger partial charge in [0.15, 0.2) is 4.77 Å². The molecule has 0 amide bonds. The van der Waals surface area contributed by atoms with Crippen LogP contribution in [0.15, 0.2) is 0 Å². The number of hydrogen-bond acceptors (Lipinski definition) is 2. The number of aromatic amines is 1. The molecule has 0 aliphatic heterocycles. The Labute approximate surface area is 86.1 Å². The largest absolute Gasteiger partial charge is 0.298 e.